The smallest absolute Gasteiger partial charge is 0.260 e. The molecule has 0 heterocycles. The van der Waals surface area contributed by atoms with Crippen molar-refractivity contribution in [2.75, 3.05) is 6.54 Å². The number of hydrogen-bond donors (Lipinski definition) is 2. The maximum Gasteiger partial charge on any atom is 0.260 e. The Labute approximate surface area is 130 Å². The standard InChI is InChI=1S/C16H22ClNO3/c1-10-8-13(17)6-7-15(10)21-11(2)16(20)18-9-12-4-3-5-14(12)19/h6-8,11-12,14,19H,3-5,9H2,1-2H3,(H,18,20). The molecule has 1 amide bonds. The number of carbonyl (C=O) groups excluding carboxylic acids is 1. The average molecular weight is 312 g/mol. The van der Waals surface area contributed by atoms with Gasteiger partial charge in [-0.1, -0.05) is 18.0 Å². The van der Waals surface area contributed by atoms with Crippen LogP contribution >= 0.6 is 11.6 Å². The molecule has 0 bridgehead atoms. The van der Waals surface area contributed by atoms with Crippen LogP contribution in [-0.4, -0.2) is 29.8 Å². The zero-order valence-corrected chi connectivity index (χ0v) is 13.2. The van der Waals surface area contributed by atoms with E-state index in [1.165, 1.54) is 0 Å². The molecule has 1 saturated carbocycles. The van der Waals surface area contributed by atoms with Crippen LogP contribution < -0.4 is 10.1 Å². The summed E-state index contributed by atoms with van der Waals surface area (Å²) in [6.07, 6.45) is 1.95. The minimum Gasteiger partial charge on any atom is -0.481 e. The summed E-state index contributed by atoms with van der Waals surface area (Å²) < 4.78 is 5.67. The van der Waals surface area contributed by atoms with Crippen molar-refractivity contribution < 1.29 is 14.6 Å². The first-order valence-electron chi connectivity index (χ1n) is 7.36. The second-order valence-electron chi connectivity index (χ2n) is 5.67. The monoisotopic (exact) mass is 311 g/mol. The number of aryl methyl sites for hydroxylation is 1. The van der Waals surface area contributed by atoms with Crippen LogP contribution in [0.25, 0.3) is 0 Å². The third kappa shape index (κ3) is 4.35. The molecule has 5 heteroatoms. The van der Waals surface area contributed by atoms with Gasteiger partial charge in [0.2, 0.25) is 0 Å². The van der Waals surface area contributed by atoms with Crippen LogP contribution in [0.4, 0.5) is 0 Å². The summed E-state index contributed by atoms with van der Waals surface area (Å²) in [6, 6.07) is 5.31. The Balaban J connectivity index is 1.84. The number of halogens is 1. The topological polar surface area (TPSA) is 58.6 Å². The molecule has 2 rings (SSSR count). The van der Waals surface area contributed by atoms with Gasteiger partial charge < -0.3 is 15.2 Å². The van der Waals surface area contributed by atoms with E-state index < -0.39 is 6.10 Å². The quantitative estimate of drug-likeness (QED) is 0.879. The van der Waals surface area contributed by atoms with E-state index in [0.29, 0.717) is 17.3 Å². The van der Waals surface area contributed by atoms with E-state index in [0.717, 1.165) is 24.8 Å². The van der Waals surface area contributed by atoms with E-state index in [1.807, 2.05) is 6.92 Å². The number of aliphatic hydroxyl groups excluding tert-OH is 1. The van der Waals surface area contributed by atoms with Crippen LogP contribution in [0.15, 0.2) is 18.2 Å². The van der Waals surface area contributed by atoms with E-state index in [9.17, 15) is 9.90 Å². The molecule has 0 radical (unpaired) electrons. The molecule has 0 aromatic heterocycles. The molecular weight excluding hydrogens is 290 g/mol. The Kier molecular flexibility index (Phi) is 5.48. The van der Waals surface area contributed by atoms with Crippen molar-refractivity contribution in [1.29, 1.82) is 0 Å². The minimum absolute atomic E-state index is 0.163. The minimum atomic E-state index is -0.580. The van der Waals surface area contributed by atoms with Crippen LogP contribution in [0, 0.1) is 12.8 Å². The Bertz CT molecular complexity index is 506. The van der Waals surface area contributed by atoms with Gasteiger partial charge in [-0.3, -0.25) is 4.79 Å². The van der Waals surface area contributed by atoms with Crippen molar-refractivity contribution in [3.05, 3.63) is 28.8 Å². The van der Waals surface area contributed by atoms with E-state index in [1.54, 1.807) is 25.1 Å². The summed E-state index contributed by atoms with van der Waals surface area (Å²) in [5.74, 6) is 0.657. The molecule has 1 fully saturated rings. The second kappa shape index (κ2) is 7.14. The predicted octanol–water partition coefficient (Wildman–Crippen LogP) is 2.69. The Hall–Kier alpha value is -1.26. The highest BCUT2D eigenvalue weighted by Gasteiger charge is 2.26. The van der Waals surface area contributed by atoms with Gasteiger partial charge in [-0.15, -0.1) is 0 Å². The highest BCUT2D eigenvalue weighted by atomic mass is 35.5. The number of benzene rings is 1. The summed E-state index contributed by atoms with van der Waals surface area (Å²) in [6.45, 7) is 4.11. The van der Waals surface area contributed by atoms with E-state index in [4.69, 9.17) is 16.3 Å². The summed E-state index contributed by atoms with van der Waals surface area (Å²) in [7, 11) is 0. The number of hydrogen-bond acceptors (Lipinski definition) is 3. The van der Waals surface area contributed by atoms with Gasteiger partial charge in [0.15, 0.2) is 6.10 Å². The Morgan fingerprint density at radius 3 is 2.90 bits per heavy atom. The van der Waals surface area contributed by atoms with Crippen LogP contribution in [0.2, 0.25) is 5.02 Å². The van der Waals surface area contributed by atoms with E-state index in [2.05, 4.69) is 5.32 Å². The Morgan fingerprint density at radius 2 is 2.29 bits per heavy atom. The van der Waals surface area contributed by atoms with E-state index >= 15 is 0 Å². The molecule has 3 atom stereocenters. The average Bonchev–Trinajstić information content (AvgIpc) is 2.84. The first-order chi connectivity index (χ1) is 9.97. The summed E-state index contributed by atoms with van der Waals surface area (Å²) in [4.78, 5) is 12.0. The molecule has 0 aliphatic heterocycles. The fourth-order valence-corrected chi connectivity index (χ4v) is 2.85. The maximum absolute atomic E-state index is 12.0. The third-order valence-corrected chi connectivity index (χ3v) is 4.20. The fourth-order valence-electron chi connectivity index (χ4n) is 2.62. The van der Waals surface area contributed by atoms with Crippen LogP contribution in [0.3, 0.4) is 0 Å². The zero-order chi connectivity index (χ0) is 15.4. The highest BCUT2D eigenvalue weighted by Crippen LogP contribution is 2.25. The largest absolute Gasteiger partial charge is 0.481 e. The van der Waals surface area contributed by atoms with Gasteiger partial charge in [-0.05, 0) is 50.5 Å². The molecule has 1 aliphatic rings. The predicted molar refractivity (Wildman–Crippen MR) is 82.6 cm³/mol. The van der Waals surface area contributed by atoms with Gasteiger partial charge in [-0.25, -0.2) is 0 Å². The van der Waals surface area contributed by atoms with Crippen molar-refractivity contribution in [3.63, 3.8) is 0 Å². The lowest BCUT2D eigenvalue weighted by Gasteiger charge is -2.19. The number of nitrogens with one attached hydrogen (secondary N) is 1. The molecule has 1 aromatic rings. The number of ether oxygens (including phenoxy) is 1. The molecule has 3 unspecified atom stereocenters. The van der Waals surface area contributed by atoms with Crippen molar-refractivity contribution in [2.24, 2.45) is 5.92 Å². The summed E-state index contributed by atoms with van der Waals surface area (Å²) in [5.41, 5.74) is 0.897. The second-order valence-corrected chi connectivity index (χ2v) is 6.11. The van der Waals surface area contributed by atoms with E-state index in [-0.39, 0.29) is 17.9 Å². The maximum atomic E-state index is 12.0. The summed E-state index contributed by atoms with van der Waals surface area (Å²) in [5, 5.41) is 13.2. The SMILES string of the molecule is Cc1cc(Cl)ccc1OC(C)C(=O)NCC1CCCC1O. The lowest BCUT2D eigenvalue weighted by Crippen LogP contribution is -2.40. The first-order valence-corrected chi connectivity index (χ1v) is 7.73. The van der Waals surface area contributed by atoms with Gasteiger partial charge in [-0.2, -0.15) is 0 Å². The van der Waals surface area contributed by atoms with Gasteiger partial charge in [0, 0.05) is 17.5 Å². The van der Waals surface area contributed by atoms with Gasteiger partial charge in [0.05, 0.1) is 6.10 Å². The Morgan fingerprint density at radius 1 is 1.52 bits per heavy atom. The number of rotatable bonds is 5. The number of amides is 1. The molecule has 21 heavy (non-hydrogen) atoms. The molecule has 1 aliphatic carbocycles. The van der Waals surface area contributed by atoms with Crippen LogP contribution in [0.5, 0.6) is 5.75 Å². The molecule has 0 spiro atoms. The first kappa shape index (κ1) is 16.1. The highest BCUT2D eigenvalue weighted by molar-refractivity contribution is 6.30. The van der Waals surface area contributed by atoms with Crippen LogP contribution in [-0.2, 0) is 4.79 Å². The van der Waals surface area contributed by atoms with Gasteiger partial charge >= 0.3 is 0 Å². The number of carbonyl (C=O) groups is 1. The third-order valence-electron chi connectivity index (χ3n) is 3.97. The van der Waals surface area contributed by atoms with Gasteiger partial charge in [0.25, 0.3) is 5.91 Å². The molecule has 4 nitrogen and oxygen atoms in total. The summed E-state index contributed by atoms with van der Waals surface area (Å²) >= 11 is 5.89. The molecule has 2 N–H and O–H groups in total. The number of aliphatic hydroxyl groups is 1. The lowest BCUT2D eigenvalue weighted by molar-refractivity contribution is -0.127. The van der Waals surface area contributed by atoms with Crippen molar-refractivity contribution in [2.45, 2.75) is 45.3 Å². The lowest BCUT2D eigenvalue weighted by atomic mass is 10.1. The fraction of sp³-hybridized carbons (Fsp3) is 0.562. The van der Waals surface area contributed by atoms with Crippen molar-refractivity contribution in [3.8, 4) is 5.75 Å². The molecule has 1 aromatic carbocycles. The van der Waals surface area contributed by atoms with Crippen molar-refractivity contribution >= 4 is 17.5 Å². The van der Waals surface area contributed by atoms with Crippen molar-refractivity contribution in [1.82, 2.24) is 5.32 Å². The normalized spacial score (nSPS) is 22.9. The van der Waals surface area contributed by atoms with Gasteiger partial charge in [0.1, 0.15) is 5.75 Å². The molecule has 0 saturated heterocycles. The molecular formula is C16H22ClNO3. The zero-order valence-electron chi connectivity index (χ0n) is 12.4. The van der Waals surface area contributed by atoms with Crippen LogP contribution in [0.1, 0.15) is 31.7 Å². The molecule has 116 valence electrons.